The van der Waals surface area contributed by atoms with Crippen LogP contribution in [0.2, 0.25) is 5.02 Å². The molecule has 1 atom stereocenters. The van der Waals surface area contributed by atoms with Crippen LogP contribution in [0.1, 0.15) is 31.2 Å². The van der Waals surface area contributed by atoms with Gasteiger partial charge in [-0.05, 0) is 25.0 Å². The molecule has 4 rings (SSSR count). The van der Waals surface area contributed by atoms with Gasteiger partial charge in [0.2, 0.25) is 5.91 Å². The molecule has 1 aromatic carbocycles. The van der Waals surface area contributed by atoms with Gasteiger partial charge in [0.1, 0.15) is 18.0 Å². The molecule has 3 heterocycles. The minimum atomic E-state index is -0.606. The number of benzene rings is 1. The van der Waals surface area contributed by atoms with Crippen LogP contribution in [0.15, 0.2) is 23.0 Å². The van der Waals surface area contributed by atoms with Gasteiger partial charge in [-0.2, -0.15) is 5.10 Å². The summed E-state index contributed by atoms with van der Waals surface area (Å²) in [4.78, 5) is 26.9. The molecule has 0 aliphatic carbocycles. The van der Waals surface area contributed by atoms with Gasteiger partial charge in [-0.25, -0.2) is 13.9 Å². The van der Waals surface area contributed by atoms with Crippen molar-refractivity contribution in [1.82, 2.24) is 19.2 Å². The molecule has 150 valence electrons. The number of hydrogen-bond acceptors (Lipinski definition) is 4. The predicted octanol–water partition coefficient (Wildman–Crippen LogP) is 1.99. The molecule has 1 spiro atoms. The Bertz CT molecular complexity index is 952. The van der Waals surface area contributed by atoms with E-state index in [0.29, 0.717) is 38.4 Å². The average molecular weight is 409 g/mol. The summed E-state index contributed by atoms with van der Waals surface area (Å²) in [5.41, 5.74) is -0.535. The lowest BCUT2D eigenvalue weighted by Gasteiger charge is -2.33. The number of carbonyl (C=O) groups excluding carboxylic acids is 1. The number of amides is 1. The van der Waals surface area contributed by atoms with E-state index in [1.807, 2.05) is 6.92 Å². The van der Waals surface area contributed by atoms with Crippen LogP contribution in [-0.4, -0.2) is 43.8 Å². The number of likely N-dealkylation sites (tertiary alicyclic amines) is 1. The number of ether oxygens (including phenoxy) is 1. The van der Waals surface area contributed by atoms with Gasteiger partial charge < -0.3 is 9.64 Å². The number of carbonyl (C=O) groups is 1. The zero-order valence-corrected chi connectivity index (χ0v) is 16.4. The van der Waals surface area contributed by atoms with Gasteiger partial charge in [0, 0.05) is 23.7 Å². The van der Waals surface area contributed by atoms with Crippen LogP contribution in [0.5, 0.6) is 0 Å². The van der Waals surface area contributed by atoms with Crippen LogP contribution < -0.4 is 5.69 Å². The van der Waals surface area contributed by atoms with Gasteiger partial charge in [0.05, 0.1) is 19.5 Å². The number of rotatable bonds is 4. The lowest BCUT2D eigenvalue weighted by molar-refractivity contribution is -0.132. The molecule has 1 fully saturated rings. The zero-order valence-electron chi connectivity index (χ0n) is 15.7. The first kappa shape index (κ1) is 19.1. The Balaban J connectivity index is 1.48. The van der Waals surface area contributed by atoms with Crippen molar-refractivity contribution in [3.8, 4) is 0 Å². The monoisotopic (exact) mass is 408 g/mol. The first-order valence-electron chi connectivity index (χ1n) is 9.43. The first-order chi connectivity index (χ1) is 13.4. The van der Waals surface area contributed by atoms with Crippen molar-refractivity contribution in [2.24, 2.45) is 0 Å². The number of nitrogens with zero attached hydrogens (tertiary/aromatic N) is 4. The van der Waals surface area contributed by atoms with Gasteiger partial charge in [0.25, 0.3) is 0 Å². The highest BCUT2D eigenvalue weighted by atomic mass is 35.5. The van der Waals surface area contributed by atoms with Crippen molar-refractivity contribution in [3.05, 3.63) is 50.9 Å². The van der Waals surface area contributed by atoms with E-state index in [-0.39, 0.29) is 35.2 Å². The molecule has 0 bridgehead atoms. The number of aryl methyl sites for hydroxylation is 1. The van der Waals surface area contributed by atoms with Crippen molar-refractivity contribution in [2.45, 2.75) is 51.5 Å². The fraction of sp³-hybridized carbons (Fsp3) is 0.526. The molecular formula is C19H22ClFN4O3. The average Bonchev–Trinajstić information content (AvgIpc) is 3.21. The molecule has 7 nitrogen and oxygen atoms in total. The summed E-state index contributed by atoms with van der Waals surface area (Å²) >= 11 is 6.04. The van der Waals surface area contributed by atoms with E-state index in [2.05, 4.69) is 5.10 Å². The molecular weight excluding hydrogens is 387 g/mol. The molecule has 0 N–H and O–H groups in total. The van der Waals surface area contributed by atoms with Crippen LogP contribution in [0.25, 0.3) is 0 Å². The molecule has 0 radical (unpaired) electrons. The van der Waals surface area contributed by atoms with Crippen LogP contribution >= 0.6 is 11.6 Å². The Morgan fingerprint density at radius 3 is 2.96 bits per heavy atom. The van der Waals surface area contributed by atoms with E-state index in [0.717, 1.165) is 6.42 Å². The molecule has 2 aliphatic rings. The maximum Gasteiger partial charge on any atom is 0.346 e. The zero-order chi connectivity index (χ0) is 19.9. The molecule has 1 aromatic heterocycles. The van der Waals surface area contributed by atoms with E-state index < -0.39 is 11.4 Å². The summed E-state index contributed by atoms with van der Waals surface area (Å²) in [5.74, 6) is -0.0671. The van der Waals surface area contributed by atoms with Crippen molar-refractivity contribution >= 4 is 17.5 Å². The summed E-state index contributed by atoms with van der Waals surface area (Å²) in [6, 6.07) is 4.39. The number of halogens is 2. The molecule has 0 saturated carbocycles. The van der Waals surface area contributed by atoms with E-state index in [4.69, 9.17) is 16.3 Å². The van der Waals surface area contributed by atoms with E-state index >= 15 is 0 Å². The van der Waals surface area contributed by atoms with Crippen LogP contribution in [-0.2, 0) is 35.6 Å². The molecule has 1 saturated heterocycles. The number of fused-ring (bicyclic) bond motifs is 1. The third-order valence-corrected chi connectivity index (χ3v) is 5.80. The largest absolute Gasteiger partial charge is 0.363 e. The third kappa shape index (κ3) is 3.35. The van der Waals surface area contributed by atoms with Crippen molar-refractivity contribution in [3.63, 3.8) is 0 Å². The summed E-state index contributed by atoms with van der Waals surface area (Å²) in [7, 11) is 0. The topological polar surface area (TPSA) is 69.4 Å². The van der Waals surface area contributed by atoms with Crippen molar-refractivity contribution in [2.75, 3.05) is 13.1 Å². The van der Waals surface area contributed by atoms with Crippen molar-refractivity contribution < 1.29 is 13.9 Å². The second-order valence-electron chi connectivity index (χ2n) is 7.42. The Kier molecular flexibility index (Phi) is 5.01. The Morgan fingerprint density at radius 2 is 2.21 bits per heavy atom. The fourth-order valence-electron chi connectivity index (χ4n) is 3.93. The minimum Gasteiger partial charge on any atom is -0.363 e. The predicted molar refractivity (Wildman–Crippen MR) is 101 cm³/mol. The van der Waals surface area contributed by atoms with Crippen LogP contribution in [0.3, 0.4) is 0 Å². The van der Waals surface area contributed by atoms with E-state index in [1.165, 1.54) is 16.8 Å². The molecule has 28 heavy (non-hydrogen) atoms. The second-order valence-corrected chi connectivity index (χ2v) is 7.83. The fourth-order valence-corrected chi connectivity index (χ4v) is 4.16. The summed E-state index contributed by atoms with van der Waals surface area (Å²) < 4.78 is 23.2. The quantitative estimate of drug-likeness (QED) is 0.775. The van der Waals surface area contributed by atoms with Gasteiger partial charge in [-0.15, -0.1) is 0 Å². The Labute approximate surface area is 166 Å². The summed E-state index contributed by atoms with van der Waals surface area (Å²) in [6.45, 7) is 4.04. The highest BCUT2D eigenvalue weighted by molar-refractivity contribution is 6.31. The van der Waals surface area contributed by atoms with Gasteiger partial charge in [0.15, 0.2) is 5.82 Å². The maximum atomic E-state index is 14.0. The van der Waals surface area contributed by atoms with Gasteiger partial charge in [-0.1, -0.05) is 24.6 Å². The van der Waals surface area contributed by atoms with E-state index in [1.54, 1.807) is 15.5 Å². The molecule has 1 amide bonds. The second kappa shape index (κ2) is 7.33. The van der Waals surface area contributed by atoms with Gasteiger partial charge in [-0.3, -0.25) is 9.36 Å². The SMILES string of the molecule is CCCn1nc2n(c1=O)CC1(CCN(C(=O)Cc3c(F)cccc3Cl)C1)OC2. The van der Waals surface area contributed by atoms with Crippen molar-refractivity contribution in [1.29, 1.82) is 0 Å². The summed E-state index contributed by atoms with van der Waals surface area (Å²) in [6.07, 6.45) is 1.35. The highest BCUT2D eigenvalue weighted by Gasteiger charge is 2.45. The van der Waals surface area contributed by atoms with Crippen LogP contribution in [0.4, 0.5) is 4.39 Å². The lowest BCUT2D eigenvalue weighted by Crippen LogP contribution is -2.47. The van der Waals surface area contributed by atoms with Crippen LogP contribution in [0, 0.1) is 5.82 Å². The standard InChI is InChI=1S/C19H22ClFN4O3/c1-2-7-25-18(27)24-12-19(28-10-16(24)22-25)6-8-23(11-19)17(26)9-13-14(20)4-3-5-15(13)21/h3-5H,2,6-12H2,1H3. The number of aromatic nitrogens is 3. The number of hydrogen-bond donors (Lipinski definition) is 0. The molecule has 9 heteroatoms. The van der Waals surface area contributed by atoms with Gasteiger partial charge >= 0.3 is 5.69 Å². The molecule has 1 unspecified atom stereocenters. The molecule has 2 aromatic rings. The van der Waals surface area contributed by atoms with E-state index in [9.17, 15) is 14.0 Å². The maximum absolute atomic E-state index is 14.0. The Hall–Kier alpha value is -2.19. The smallest absolute Gasteiger partial charge is 0.346 e. The lowest BCUT2D eigenvalue weighted by atomic mass is 10.0. The minimum absolute atomic E-state index is 0.0960. The summed E-state index contributed by atoms with van der Waals surface area (Å²) in [5, 5.41) is 4.58. The Morgan fingerprint density at radius 1 is 1.39 bits per heavy atom. The highest BCUT2D eigenvalue weighted by Crippen LogP contribution is 2.32. The third-order valence-electron chi connectivity index (χ3n) is 5.45. The molecule has 2 aliphatic heterocycles. The normalized spacial score (nSPS) is 21.3. The first-order valence-corrected chi connectivity index (χ1v) is 9.81.